The minimum Gasteiger partial charge on any atom is -0.467 e. The number of fused-ring (bicyclic) bond motifs is 5. The van der Waals surface area contributed by atoms with Gasteiger partial charge in [-0.2, -0.15) is 10.2 Å². The lowest BCUT2D eigenvalue weighted by Crippen LogP contribution is -2.55. The molecule has 6 rings (SSSR count). The van der Waals surface area contributed by atoms with E-state index in [1.807, 2.05) is 12.2 Å². The summed E-state index contributed by atoms with van der Waals surface area (Å²) >= 11 is 0. The van der Waals surface area contributed by atoms with Crippen LogP contribution in [-0.4, -0.2) is 70.4 Å². The van der Waals surface area contributed by atoms with Crippen LogP contribution in [0.3, 0.4) is 0 Å². The molecule has 3 heterocycles. The Hall–Kier alpha value is -4.40. The van der Waals surface area contributed by atoms with Crippen LogP contribution in [0.25, 0.3) is 10.9 Å². The van der Waals surface area contributed by atoms with Crippen LogP contribution in [0.1, 0.15) is 69.8 Å². The summed E-state index contributed by atoms with van der Waals surface area (Å²) in [5.74, 6) is -0.858. The monoisotopic (exact) mass is 617 g/mol. The number of nitrogens with one attached hydrogen (secondary N) is 1. The first kappa shape index (κ1) is 30.6. The number of hydrogen-bond donors (Lipinski definition) is 1. The molecule has 12 heteroatoms. The number of benzene rings is 1. The highest BCUT2D eigenvalue weighted by Gasteiger charge is 2.46. The standard InChI is InChI=1S/C33H39N5O7/c1-43-31(41)26-17-23-19-38(26)30(40)28(22-9-4-5-10-22)36-33(42)45-27-12-7-11-21(27)8-3-2-6-15-37-29(39)24-14-13-20(18-34)16-25(24)35-32(37)44-23/h2,6,13-14,16,21-23,26-28H,3-5,7-12,15,17,19H2,1H3,(H,36,42)/b6-2+/t21-,23-,26+,27-,28+/m1/s1. The van der Waals surface area contributed by atoms with Crippen molar-refractivity contribution in [2.24, 2.45) is 11.8 Å². The molecule has 2 saturated carbocycles. The Kier molecular flexibility index (Phi) is 9.05. The molecule has 1 N–H and O–H groups in total. The highest BCUT2D eigenvalue weighted by Crippen LogP contribution is 2.34. The van der Waals surface area contributed by atoms with Crippen LogP contribution in [0, 0.1) is 23.2 Å². The number of esters is 1. The van der Waals surface area contributed by atoms with Crippen LogP contribution in [-0.2, 0) is 25.6 Å². The van der Waals surface area contributed by atoms with E-state index >= 15 is 0 Å². The van der Waals surface area contributed by atoms with Crippen molar-refractivity contribution in [3.05, 3.63) is 46.3 Å². The van der Waals surface area contributed by atoms with Gasteiger partial charge in [0, 0.05) is 13.0 Å². The number of carbonyl (C=O) groups is 3. The number of nitrogens with zero attached hydrogens (tertiary/aromatic N) is 4. The summed E-state index contributed by atoms with van der Waals surface area (Å²) in [5.41, 5.74) is 0.363. The van der Waals surface area contributed by atoms with Crippen LogP contribution in [0.5, 0.6) is 6.01 Å². The van der Waals surface area contributed by atoms with Crippen molar-refractivity contribution in [2.75, 3.05) is 13.7 Å². The third-order valence-corrected chi connectivity index (χ3v) is 9.76. The van der Waals surface area contributed by atoms with E-state index in [2.05, 4.69) is 16.4 Å². The van der Waals surface area contributed by atoms with Crippen molar-refractivity contribution in [3.8, 4) is 12.1 Å². The second-order valence-corrected chi connectivity index (χ2v) is 12.5. The number of allylic oxidation sites excluding steroid dienone is 2. The van der Waals surface area contributed by atoms with Crippen molar-refractivity contribution in [1.29, 1.82) is 5.26 Å². The number of aromatic nitrogens is 2. The van der Waals surface area contributed by atoms with E-state index in [9.17, 15) is 24.4 Å². The molecule has 12 nitrogen and oxygen atoms in total. The molecule has 2 aliphatic heterocycles. The minimum atomic E-state index is -0.943. The Morgan fingerprint density at radius 1 is 1.04 bits per heavy atom. The molecule has 3 fully saturated rings. The van der Waals surface area contributed by atoms with E-state index in [0.29, 0.717) is 16.5 Å². The highest BCUT2D eigenvalue weighted by atomic mass is 16.6. The number of rotatable bonds is 2. The molecule has 4 aliphatic rings. The summed E-state index contributed by atoms with van der Waals surface area (Å²) in [6.45, 7) is 0.231. The number of hydrogen-bond acceptors (Lipinski definition) is 9. The Balaban J connectivity index is 1.39. The first-order valence-corrected chi connectivity index (χ1v) is 16.0. The molecule has 45 heavy (non-hydrogen) atoms. The van der Waals surface area contributed by atoms with Crippen molar-refractivity contribution in [3.63, 3.8) is 0 Å². The van der Waals surface area contributed by atoms with Crippen LogP contribution in [0.15, 0.2) is 35.1 Å². The van der Waals surface area contributed by atoms with E-state index in [0.717, 1.165) is 57.8 Å². The summed E-state index contributed by atoms with van der Waals surface area (Å²) in [6.07, 6.45) is 10.2. The molecule has 0 unspecified atom stereocenters. The van der Waals surface area contributed by atoms with Gasteiger partial charge >= 0.3 is 12.1 Å². The number of methoxy groups -OCH3 is 1. The molecule has 2 amide bonds. The van der Waals surface area contributed by atoms with Gasteiger partial charge in [0.25, 0.3) is 11.6 Å². The first-order chi connectivity index (χ1) is 21.9. The second kappa shape index (κ2) is 13.3. The largest absolute Gasteiger partial charge is 0.467 e. The molecule has 5 atom stereocenters. The van der Waals surface area contributed by atoms with Gasteiger partial charge in [0.15, 0.2) is 0 Å². The van der Waals surface area contributed by atoms with Gasteiger partial charge in [0.1, 0.15) is 24.3 Å². The topological polar surface area (TPSA) is 153 Å². The smallest absolute Gasteiger partial charge is 0.408 e. The van der Waals surface area contributed by atoms with Gasteiger partial charge in [-0.15, -0.1) is 0 Å². The Bertz CT molecular complexity index is 1590. The number of amides is 2. The van der Waals surface area contributed by atoms with Crippen molar-refractivity contribution in [2.45, 2.75) is 95.0 Å². The van der Waals surface area contributed by atoms with Crippen LogP contribution in [0.2, 0.25) is 0 Å². The van der Waals surface area contributed by atoms with Crippen molar-refractivity contribution in [1.82, 2.24) is 19.8 Å². The molecule has 1 saturated heterocycles. The van der Waals surface area contributed by atoms with Crippen LogP contribution in [0.4, 0.5) is 4.79 Å². The second-order valence-electron chi connectivity index (χ2n) is 12.5. The average Bonchev–Trinajstić information content (AvgIpc) is 3.82. The number of nitriles is 1. The van der Waals surface area contributed by atoms with Crippen LogP contribution < -0.4 is 15.6 Å². The fourth-order valence-electron chi connectivity index (χ4n) is 7.40. The molecule has 238 valence electrons. The number of alkyl carbamates (subject to hydrolysis) is 1. The van der Waals surface area contributed by atoms with Gasteiger partial charge in [0.05, 0.1) is 36.2 Å². The molecule has 2 bridgehead atoms. The normalized spacial score (nSPS) is 28.5. The molecule has 0 radical (unpaired) electrons. The van der Waals surface area contributed by atoms with E-state index in [1.54, 1.807) is 18.2 Å². The van der Waals surface area contributed by atoms with Gasteiger partial charge in [-0.25, -0.2) is 9.59 Å². The molecule has 2 aromatic rings. The maximum Gasteiger partial charge on any atom is 0.408 e. The third-order valence-electron chi connectivity index (χ3n) is 9.76. The quantitative estimate of drug-likeness (QED) is 0.394. The maximum atomic E-state index is 14.2. The summed E-state index contributed by atoms with van der Waals surface area (Å²) in [5, 5.41) is 12.7. The van der Waals surface area contributed by atoms with Gasteiger partial charge in [-0.3, -0.25) is 14.2 Å². The third kappa shape index (κ3) is 6.39. The van der Waals surface area contributed by atoms with E-state index < -0.39 is 30.3 Å². The lowest BCUT2D eigenvalue weighted by Gasteiger charge is -2.31. The van der Waals surface area contributed by atoms with E-state index in [4.69, 9.17) is 14.2 Å². The SMILES string of the molecule is COC(=O)[C@@H]1C[C@@H]2CN1C(=O)[C@H](C1CCCC1)NC(=O)O[C@@H]1CCC[C@H]1CC/C=C/Cn1c(nc3cc(C#N)ccc3c1=O)O2. The lowest BCUT2D eigenvalue weighted by molar-refractivity contribution is -0.152. The van der Waals surface area contributed by atoms with E-state index in [-0.39, 0.29) is 54.9 Å². The molecule has 2 aliphatic carbocycles. The van der Waals surface area contributed by atoms with Gasteiger partial charge in [-0.05, 0) is 75.0 Å². The fraction of sp³-hybridized carbons (Fsp3) is 0.576. The summed E-state index contributed by atoms with van der Waals surface area (Å²) in [6, 6.07) is 5.03. The predicted octanol–water partition coefficient (Wildman–Crippen LogP) is 3.59. The maximum absolute atomic E-state index is 14.2. The zero-order valence-corrected chi connectivity index (χ0v) is 25.5. The summed E-state index contributed by atoms with van der Waals surface area (Å²) < 4.78 is 18.8. The minimum absolute atomic E-state index is 0.0330. The molecule has 1 aromatic carbocycles. The molecule has 0 spiro atoms. The first-order valence-electron chi connectivity index (χ1n) is 16.0. The summed E-state index contributed by atoms with van der Waals surface area (Å²) in [7, 11) is 1.27. The van der Waals surface area contributed by atoms with Gasteiger partial charge < -0.3 is 24.4 Å². The zero-order chi connectivity index (χ0) is 31.5. The fourth-order valence-corrected chi connectivity index (χ4v) is 7.40. The number of ether oxygens (including phenoxy) is 3. The van der Waals surface area contributed by atoms with Crippen molar-refractivity contribution < 1.29 is 28.6 Å². The molecular weight excluding hydrogens is 578 g/mol. The summed E-state index contributed by atoms with van der Waals surface area (Å²) in [4.78, 5) is 60.2. The van der Waals surface area contributed by atoms with Gasteiger partial charge in [-0.1, -0.05) is 25.0 Å². The van der Waals surface area contributed by atoms with Crippen LogP contribution >= 0.6 is 0 Å². The Morgan fingerprint density at radius 3 is 2.62 bits per heavy atom. The molecular formula is C33H39N5O7. The zero-order valence-electron chi connectivity index (χ0n) is 25.5. The highest BCUT2D eigenvalue weighted by molar-refractivity contribution is 5.90. The predicted molar refractivity (Wildman–Crippen MR) is 162 cm³/mol. The Morgan fingerprint density at radius 2 is 1.84 bits per heavy atom. The lowest BCUT2D eigenvalue weighted by atomic mass is 9.96. The molecule has 1 aromatic heterocycles. The Labute approximate surface area is 261 Å². The van der Waals surface area contributed by atoms with Crippen molar-refractivity contribution >= 4 is 28.9 Å². The average molecular weight is 618 g/mol. The van der Waals surface area contributed by atoms with Gasteiger partial charge in [0.2, 0.25) is 5.91 Å². The van der Waals surface area contributed by atoms with E-state index in [1.165, 1.54) is 16.6 Å². The number of carbonyl (C=O) groups excluding carboxylic acids is 3.